The molecule has 1 heterocycles. The summed E-state index contributed by atoms with van der Waals surface area (Å²) in [6.45, 7) is 0. The summed E-state index contributed by atoms with van der Waals surface area (Å²) in [5.41, 5.74) is 7.16. The van der Waals surface area contributed by atoms with Crippen molar-refractivity contribution in [1.29, 1.82) is 0 Å². The number of benzene rings is 1. The van der Waals surface area contributed by atoms with Gasteiger partial charge in [-0.2, -0.15) is 0 Å². The molecule has 0 atom stereocenters. The zero-order valence-corrected chi connectivity index (χ0v) is 11.5. The van der Waals surface area contributed by atoms with Crippen molar-refractivity contribution in [3.8, 4) is 11.3 Å². The average Bonchev–Trinajstić information content (AvgIpc) is 2.30. The summed E-state index contributed by atoms with van der Waals surface area (Å²) in [5.74, 6) is -1.81. The number of nitrogens with zero attached hydrogens (tertiary/aromatic N) is 1. The normalized spacial score (nSPS) is 10.6. The first-order chi connectivity index (χ1) is 8.00. The van der Waals surface area contributed by atoms with E-state index in [0.717, 1.165) is 12.1 Å². The highest BCUT2D eigenvalue weighted by atomic mass is 79.9. The molecule has 88 valence electrons. The summed E-state index contributed by atoms with van der Waals surface area (Å²) in [5, 5.41) is 0. The molecular formula is C11H6Br2F2N2. The van der Waals surface area contributed by atoms with Crippen LogP contribution in [0.1, 0.15) is 0 Å². The number of nitrogens with two attached hydrogens (primary N) is 1. The number of hydrogen-bond donors (Lipinski definition) is 1. The molecule has 0 fully saturated rings. The fraction of sp³-hybridized carbons (Fsp3) is 0. The molecule has 0 unspecified atom stereocenters. The number of pyridine rings is 1. The molecule has 2 rings (SSSR count). The van der Waals surface area contributed by atoms with Crippen molar-refractivity contribution in [1.82, 2.24) is 4.98 Å². The number of rotatable bonds is 1. The topological polar surface area (TPSA) is 38.9 Å². The van der Waals surface area contributed by atoms with Crippen LogP contribution < -0.4 is 5.73 Å². The Kier molecular flexibility index (Phi) is 3.44. The van der Waals surface area contributed by atoms with E-state index in [1.165, 1.54) is 12.3 Å². The molecular weight excluding hydrogens is 358 g/mol. The van der Waals surface area contributed by atoms with Crippen LogP contribution in [0.15, 0.2) is 33.3 Å². The lowest BCUT2D eigenvalue weighted by Gasteiger charge is -2.08. The second-order valence-corrected chi connectivity index (χ2v) is 4.96. The zero-order valence-electron chi connectivity index (χ0n) is 8.35. The highest BCUT2D eigenvalue weighted by Crippen LogP contribution is 2.35. The standard InChI is InChI=1S/C11H6Br2F2N2/c12-6-4-17-11(9(13)10(6)16)5-1-2-7(14)8(15)3-5/h1-4H,(H2,16,17). The van der Waals surface area contributed by atoms with Crippen LogP contribution in [0.2, 0.25) is 0 Å². The molecule has 0 amide bonds. The van der Waals surface area contributed by atoms with E-state index in [1.807, 2.05) is 0 Å². The lowest BCUT2D eigenvalue weighted by atomic mass is 10.1. The molecule has 0 aliphatic rings. The lowest BCUT2D eigenvalue weighted by molar-refractivity contribution is 0.509. The Bertz CT molecular complexity index is 588. The van der Waals surface area contributed by atoms with E-state index in [-0.39, 0.29) is 0 Å². The molecule has 0 aliphatic carbocycles. The highest BCUT2D eigenvalue weighted by molar-refractivity contribution is 9.11. The predicted octanol–water partition coefficient (Wildman–Crippen LogP) is 4.13. The van der Waals surface area contributed by atoms with Crippen LogP contribution in [-0.2, 0) is 0 Å². The Hall–Kier alpha value is -1.01. The molecule has 2 aromatic rings. The van der Waals surface area contributed by atoms with Gasteiger partial charge in [-0.15, -0.1) is 0 Å². The van der Waals surface area contributed by atoms with Gasteiger partial charge in [0.1, 0.15) is 0 Å². The van der Waals surface area contributed by atoms with E-state index in [2.05, 4.69) is 36.8 Å². The fourth-order valence-corrected chi connectivity index (χ4v) is 2.44. The first kappa shape index (κ1) is 12.4. The maximum absolute atomic E-state index is 13.1. The average molecular weight is 364 g/mol. The minimum absolute atomic E-state index is 0.454. The van der Waals surface area contributed by atoms with Crippen LogP contribution in [0.25, 0.3) is 11.3 Å². The Morgan fingerprint density at radius 1 is 1.12 bits per heavy atom. The van der Waals surface area contributed by atoms with Crippen LogP contribution in [0.3, 0.4) is 0 Å². The van der Waals surface area contributed by atoms with Crippen LogP contribution in [0.4, 0.5) is 14.5 Å². The summed E-state index contributed by atoms with van der Waals surface area (Å²) >= 11 is 6.50. The van der Waals surface area contributed by atoms with Gasteiger partial charge in [0.05, 0.1) is 20.3 Å². The second kappa shape index (κ2) is 4.70. The monoisotopic (exact) mass is 362 g/mol. The first-order valence-electron chi connectivity index (χ1n) is 4.55. The van der Waals surface area contributed by atoms with Crippen molar-refractivity contribution in [2.75, 3.05) is 5.73 Å². The summed E-state index contributed by atoms with van der Waals surface area (Å²) in [4.78, 5) is 4.12. The maximum atomic E-state index is 13.1. The molecule has 2 nitrogen and oxygen atoms in total. The number of nitrogen functional groups attached to an aromatic ring is 1. The first-order valence-corrected chi connectivity index (χ1v) is 6.14. The van der Waals surface area contributed by atoms with E-state index < -0.39 is 11.6 Å². The van der Waals surface area contributed by atoms with E-state index in [1.54, 1.807) is 0 Å². The number of hydrogen-bond acceptors (Lipinski definition) is 2. The van der Waals surface area contributed by atoms with Crippen molar-refractivity contribution in [2.45, 2.75) is 0 Å². The summed E-state index contributed by atoms with van der Waals surface area (Å²) < 4.78 is 27.1. The number of aromatic nitrogens is 1. The van der Waals surface area contributed by atoms with Crippen LogP contribution >= 0.6 is 31.9 Å². The summed E-state index contributed by atoms with van der Waals surface area (Å²) in [7, 11) is 0. The molecule has 0 saturated heterocycles. The third-order valence-corrected chi connectivity index (χ3v) is 3.64. The van der Waals surface area contributed by atoms with E-state index in [9.17, 15) is 8.78 Å². The minimum Gasteiger partial charge on any atom is -0.397 e. The van der Waals surface area contributed by atoms with Gasteiger partial charge in [-0.25, -0.2) is 8.78 Å². The van der Waals surface area contributed by atoms with Gasteiger partial charge in [0, 0.05) is 11.8 Å². The van der Waals surface area contributed by atoms with Crippen LogP contribution in [-0.4, -0.2) is 4.98 Å². The third kappa shape index (κ3) is 2.32. The quantitative estimate of drug-likeness (QED) is 0.827. The van der Waals surface area contributed by atoms with Crippen molar-refractivity contribution in [2.24, 2.45) is 0 Å². The van der Waals surface area contributed by atoms with Crippen molar-refractivity contribution in [3.05, 3.63) is 45.0 Å². The molecule has 1 aromatic heterocycles. The molecule has 1 aromatic carbocycles. The van der Waals surface area contributed by atoms with Gasteiger partial charge >= 0.3 is 0 Å². The Morgan fingerprint density at radius 2 is 1.82 bits per heavy atom. The van der Waals surface area contributed by atoms with Crippen molar-refractivity contribution >= 4 is 37.5 Å². The second-order valence-electron chi connectivity index (χ2n) is 3.31. The molecule has 2 N–H and O–H groups in total. The van der Waals surface area contributed by atoms with Gasteiger partial charge < -0.3 is 5.73 Å². The molecule has 0 bridgehead atoms. The van der Waals surface area contributed by atoms with Crippen LogP contribution in [0, 0.1) is 11.6 Å². The van der Waals surface area contributed by atoms with Gasteiger partial charge in [0.25, 0.3) is 0 Å². The van der Waals surface area contributed by atoms with Crippen LogP contribution in [0.5, 0.6) is 0 Å². The number of anilines is 1. The summed E-state index contributed by atoms with van der Waals surface area (Å²) in [6.07, 6.45) is 1.51. The smallest absolute Gasteiger partial charge is 0.159 e. The van der Waals surface area contributed by atoms with Gasteiger partial charge in [0.15, 0.2) is 11.6 Å². The summed E-state index contributed by atoms with van der Waals surface area (Å²) in [6, 6.07) is 3.58. The predicted molar refractivity (Wildman–Crippen MR) is 69.4 cm³/mol. The van der Waals surface area contributed by atoms with Gasteiger partial charge in [-0.3, -0.25) is 4.98 Å². The zero-order chi connectivity index (χ0) is 12.6. The molecule has 0 aliphatic heterocycles. The van der Waals surface area contributed by atoms with Crippen molar-refractivity contribution in [3.63, 3.8) is 0 Å². The van der Waals surface area contributed by atoms with E-state index in [4.69, 9.17) is 5.73 Å². The SMILES string of the molecule is Nc1c(Br)cnc(-c2ccc(F)c(F)c2)c1Br. The third-order valence-electron chi connectivity index (χ3n) is 2.20. The Balaban J connectivity index is 2.61. The molecule has 17 heavy (non-hydrogen) atoms. The molecule has 0 radical (unpaired) electrons. The Labute approximate surface area is 113 Å². The van der Waals surface area contributed by atoms with Gasteiger partial charge in [-0.1, -0.05) is 0 Å². The highest BCUT2D eigenvalue weighted by Gasteiger charge is 2.12. The van der Waals surface area contributed by atoms with E-state index in [0.29, 0.717) is 25.9 Å². The molecule has 0 saturated carbocycles. The fourth-order valence-electron chi connectivity index (χ4n) is 1.32. The van der Waals surface area contributed by atoms with Gasteiger partial charge in [-0.05, 0) is 50.1 Å². The molecule has 6 heteroatoms. The van der Waals surface area contributed by atoms with Gasteiger partial charge in [0.2, 0.25) is 0 Å². The maximum Gasteiger partial charge on any atom is 0.159 e. The van der Waals surface area contributed by atoms with Crippen molar-refractivity contribution < 1.29 is 8.78 Å². The number of halogens is 4. The van der Waals surface area contributed by atoms with E-state index >= 15 is 0 Å². The lowest BCUT2D eigenvalue weighted by Crippen LogP contribution is -1.95. The Morgan fingerprint density at radius 3 is 2.47 bits per heavy atom. The molecule has 0 spiro atoms. The largest absolute Gasteiger partial charge is 0.397 e. The minimum atomic E-state index is -0.919.